The molecular weight excluding hydrogens is 464 g/mol. The molecular formula is C24H19ClN2O5S. The van der Waals surface area contributed by atoms with Crippen LogP contribution in [0.15, 0.2) is 65.6 Å². The van der Waals surface area contributed by atoms with E-state index in [0.717, 1.165) is 4.88 Å². The number of halogens is 1. The molecule has 0 aliphatic rings. The molecule has 0 aliphatic heterocycles. The number of thiophene rings is 1. The smallest absolute Gasteiger partial charge is 0.330 e. The lowest BCUT2D eigenvalue weighted by molar-refractivity contribution is 0.104. The molecule has 0 unspecified atom stereocenters. The van der Waals surface area contributed by atoms with Gasteiger partial charge in [0, 0.05) is 11.8 Å². The number of ether oxygens (including phenoxy) is 2. The Morgan fingerprint density at radius 2 is 1.85 bits per heavy atom. The lowest BCUT2D eigenvalue weighted by atomic mass is 10.1. The highest BCUT2D eigenvalue weighted by Crippen LogP contribution is 2.37. The fourth-order valence-corrected chi connectivity index (χ4v) is 4.27. The van der Waals surface area contributed by atoms with Gasteiger partial charge in [0.2, 0.25) is 5.75 Å². The van der Waals surface area contributed by atoms with Gasteiger partial charge in [0.1, 0.15) is 0 Å². The Morgan fingerprint density at radius 1 is 1.12 bits per heavy atom. The second-order valence-electron chi connectivity index (χ2n) is 6.97. The number of benzene rings is 2. The minimum absolute atomic E-state index is 0.114. The summed E-state index contributed by atoms with van der Waals surface area (Å²) < 4.78 is 12.4. The first-order valence-electron chi connectivity index (χ1n) is 9.75. The van der Waals surface area contributed by atoms with Gasteiger partial charge in [0.25, 0.3) is 0 Å². The highest BCUT2D eigenvalue weighted by atomic mass is 35.5. The molecule has 2 aromatic heterocycles. The fraction of sp³-hybridized carbons (Fsp3) is 0.0833. The number of carbonyl (C=O) groups is 1. The van der Waals surface area contributed by atoms with Crippen LogP contribution in [0.5, 0.6) is 17.2 Å². The van der Waals surface area contributed by atoms with Gasteiger partial charge < -0.3 is 19.6 Å². The van der Waals surface area contributed by atoms with Crippen LogP contribution in [-0.2, 0) is 0 Å². The minimum Gasteiger partial charge on any atom is -0.502 e. The number of allylic oxidation sites excluding steroid dienone is 1. The molecule has 0 aliphatic carbocycles. The summed E-state index contributed by atoms with van der Waals surface area (Å²) in [6.45, 7) is 0. The molecule has 0 fully saturated rings. The molecule has 2 N–H and O–H groups in total. The largest absolute Gasteiger partial charge is 0.502 e. The molecule has 4 rings (SSSR count). The summed E-state index contributed by atoms with van der Waals surface area (Å²) in [5, 5.41) is 10.0. The predicted octanol–water partition coefficient (Wildman–Crippen LogP) is 5.17. The van der Waals surface area contributed by atoms with Crippen molar-refractivity contribution in [1.29, 1.82) is 0 Å². The van der Waals surface area contributed by atoms with Gasteiger partial charge in [-0.1, -0.05) is 29.8 Å². The van der Waals surface area contributed by atoms with Crippen LogP contribution in [0, 0.1) is 0 Å². The Morgan fingerprint density at radius 3 is 2.48 bits per heavy atom. The Balaban J connectivity index is 1.61. The summed E-state index contributed by atoms with van der Waals surface area (Å²) in [5.41, 5.74) is 1.90. The van der Waals surface area contributed by atoms with Crippen molar-refractivity contribution < 1.29 is 19.4 Å². The summed E-state index contributed by atoms with van der Waals surface area (Å²) >= 11 is 7.36. The first-order chi connectivity index (χ1) is 15.9. The van der Waals surface area contributed by atoms with Gasteiger partial charge in [-0.25, -0.2) is 4.79 Å². The van der Waals surface area contributed by atoms with Crippen molar-refractivity contribution in [3.05, 3.63) is 86.8 Å². The van der Waals surface area contributed by atoms with E-state index in [1.165, 1.54) is 36.2 Å². The van der Waals surface area contributed by atoms with E-state index < -0.39 is 0 Å². The topological polar surface area (TPSA) is 93.6 Å². The third-order valence-corrected chi connectivity index (χ3v) is 6.16. The SMILES string of the molecule is COc1cc(/C=C/C(=O)c2cccc(-n3cc(-c4ccc(Cl)s4)[nH]c3=O)c2)cc(OC)c1O. The average molecular weight is 483 g/mol. The number of aromatic nitrogens is 2. The number of nitrogens with zero attached hydrogens (tertiary/aromatic N) is 1. The maximum absolute atomic E-state index is 12.8. The van der Waals surface area contributed by atoms with Crippen molar-refractivity contribution in [1.82, 2.24) is 9.55 Å². The highest BCUT2D eigenvalue weighted by Gasteiger charge is 2.12. The number of hydrogen-bond donors (Lipinski definition) is 2. The number of phenolic OH excluding ortho intramolecular Hbond substituents is 1. The number of hydrogen-bond acceptors (Lipinski definition) is 6. The van der Waals surface area contributed by atoms with Gasteiger partial charge in [-0.3, -0.25) is 9.36 Å². The van der Waals surface area contributed by atoms with Crippen LogP contribution in [-0.4, -0.2) is 34.7 Å². The number of rotatable bonds is 7. The summed E-state index contributed by atoms with van der Waals surface area (Å²) in [6, 6.07) is 13.6. The van der Waals surface area contributed by atoms with Gasteiger partial charge >= 0.3 is 5.69 Å². The zero-order chi connectivity index (χ0) is 23.5. The maximum Gasteiger partial charge on any atom is 0.330 e. The van der Waals surface area contributed by atoms with Crippen molar-refractivity contribution in [2.45, 2.75) is 0 Å². The van der Waals surface area contributed by atoms with Crippen molar-refractivity contribution in [2.24, 2.45) is 0 Å². The van der Waals surface area contributed by atoms with E-state index in [2.05, 4.69) is 4.98 Å². The maximum atomic E-state index is 12.8. The summed E-state index contributed by atoms with van der Waals surface area (Å²) in [4.78, 5) is 28.9. The summed E-state index contributed by atoms with van der Waals surface area (Å²) in [6.07, 6.45) is 4.68. The fourth-order valence-electron chi connectivity index (χ4n) is 3.26. The molecule has 7 nitrogen and oxygen atoms in total. The molecule has 168 valence electrons. The van der Waals surface area contributed by atoms with Crippen molar-refractivity contribution in [3.8, 4) is 33.5 Å². The lowest BCUT2D eigenvalue weighted by Gasteiger charge is -2.09. The average Bonchev–Trinajstić information content (AvgIpc) is 3.43. The second-order valence-corrected chi connectivity index (χ2v) is 8.68. The third-order valence-electron chi connectivity index (χ3n) is 4.90. The molecule has 0 saturated carbocycles. The van der Waals surface area contributed by atoms with E-state index >= 15 is 0 Å². The number of H-pyrrole nitrogens is 1. The number of imidazole rings is 1. The van der Waals surface area contributed by atoms with E-state index in [0.29, 0.717) is 26.8 Å². The monoisotopic (exact) mass is 482 g/mol. The number of carbonyl (C=O) groups excluding carboxylic acids is 1. The molecule has 0 radical (unpaired) electrons. The van der Waals surface area contributed by atoms with Crippen molar-refractivity contribution in [3.63, 3.8) is 0 Å². The van der Waals surface area contributed by atoms with E-state index in [9.17, 15) is 14.7 Å². The predicted molar refractivity (Wildman–Crippen MR) is 129 cm³/mol. The second kappa shape index (κ2) is 9.40. The van der Waals surface area contributed by atoms with Gasteiger partial charge in [-0.05, 0) is 48.0 Å². The molecule has 4 aromatic rings. The Labute approximate surface area is 198 Å². The normalized spacial score (nSPS) is 11.1. The van der Waals surface area contributed by atoms with E-state index in [-0.39, 0.29) is 28.7 Å². The zero-order valence-corrected chi connectivity index (χ0v) is 19.2. The zero-order valence-electron chi connectivity index (χ0n) is 17.7. The number of nitrogens with one attached hydrogen (secondary N) is 1. The molecule has 0 amide bonds. The summed E-state index contributed by atoms with van der Waals surface area (Å²) in [5.74, 6) is 0.102. The number of phenols is 1. The van der Waals surface area contributed by atoms with Crippen molar-refractivity contribution >= 4 is 34.8 Å². The van der Waals surface area contributed by atoms with Crippen LogP contribution in [0.1, 0.15) is 15.9 Å². The number of aromatic hydroxyl groups is 1. The molecule has 33 heavy (non-hydrogen) atoms. The van der Waals surface area contributed by atoms with Crippen molar-refractivity contribution in [2.75, 3.05) is 14.2 Å². The van der Waals surface area contributed by atoms with Crippen LogP contribution >= 0.6 is 22.9 Å². The number of aromatic amines is 1. The molecule has 0 saturated heterocycles. The van der Waals surface area contributed by atoms with E-state index in [4.69, 9.17) is 21.1 Å². The Hall–Kier alpha value is -3.75. The van der Waals surface area contributed by atoms with Gasteiger partial charge in [-0.2, -0.15) is 0 Å². The molecule has 2 aromatic carbocycles. The number of ketones is 1. The van der Waals surface area contributed by atoms with Gasteiger partial charge in [0.15, 0.2) is 17.3 Å². The van der Waals surface area contributed by atoms with Gasteiger partial charge in [0.05, 0.1) is 34.8 Å². The Bertz CT molecular complexity index is 1390. The van der Waals surface area contributed by atoms with Crippen LogP contribution < -0.4 is 15.2 Å². The molecule has 2 heterocycles. The Kier molecular flexibility index (Phi) is 6.39. The quantitative estimate of drug-likeness (QED) is 0.280. The number of methoxy groups -OCH3 is 2. The molecule has 9 heteroatoms. The lowest BCUT2D eigenvalue weighted by Crippen LogP contribution is -2.14. The van der Waals surface area contributed by atoms with Crippen LogP contribution in [0.4, 0.5) is 0 Å². The first kappa shape index (κ1) is 22.4. The molecule has 0 spiro atoms. The molecule has 0 bridgehead atoms. The standard InChI is InChI=1S/C24H19ClN2O5S/c1-31-19-10-14(11-20(32-2)23(19)29)6-7-18(28)15-4-3-5-16(12-15)27-13-17(26-24(27)30)21-8-9-22(25)33-21/h3-13,29H,1-2H3,(H,26,30)/b7-6+. The van der Waals surface area contributed by atoms with E-state index in [1.54, 1.807) is 54.7 Å². The highest BCUT2D eigenvalue weighted by molar-refractivity contribution is 7.19. The van der Waals surface area contributed by atoms with Crippen LogP contribution in [0.25, 0.3) is 22.3 Å². The third kappa shape index (κ3) is 4.72. The summed E-state index contributed by atoms with van der Waals surface area (Å²) in [7, 11) is 2.86. The van der Waals surface area contributed by atoms with Gasteiger partial charge in [-0.15, -0.1) is 11.3 Å². The van der Waals surface area contributed by atoms with Crippen LogP contribution in [0.3, 0.4) is 0 Å². The van der Waals surface area contributed by atoms with Crippen LogP contribution in [0.2, 0.25) is 4.34 Å². The first-order valence-corrected chi connectivity index (χ1v) is 10.9. The minimum atomic E-state index is -0.321. The van der Waals surface area contributed by atoms with E-state index in [1.807, 2.05) is 6.07 Å². The molecule has 0 atom stereocenters.